The molecule has 3 N–H and O–H groups in total. The SMILES string of the molecule is CC[C@@H]1CN2CCc3c(n(C(O)NCC(=O)NCCN4C(=O)C=CC4=O)c4cccc(OC)c34)[C@@H]2C[C@@H]1/C(=C\OC)C(=O)OC. The van der Waals surface area contributed by atoms with E-state index < -0.39 is 30.0 Å². The summed E-state index contributed by atoms with van der Waals surface area (Å²) in [4.78, 5) is 52.5. The number of nitrogens with one attached hydrogen (secondary N) is 2. The lowest BCUT2D eigenvalue weighted by atomic mass is 9.74. The van der Waals surface area contributed by atoms with Gasteiger partial charge in [-0.05, 0) is 42.4 Å². The van der Waals surface area contributed by atoms with Gasteiger partial charge < -0.3 is 29.2 Å². The van der Waals surface area contributed by atoms with Gasteiger partial charge >= 0.3 is 5.97 Å². The normalized spacial score (nSPS) is 22.3. The Hall–Kier alpha value is -4.20. The number of aliphatic hydroxyl groups is 1. The zero-order chi connectivity index (χ0) is 32.2. The molecule has 45 heavy (non-hydrogen) atoms. The van der Waals surface area contributed by atoms with Gasteiger partial charge in [0.25, 0.3) is 11.8 Å². The molecule has 13 heteroatoms. The molecular formula is C32H41N5O8. The number of piperidine rings is 1. The highest BCUT2D eigenvalue weighted by Gasteiger charge is 2.44. The van der Waals surface area contributed by atoms with Crippen molar-refractivity contribution in [2.45, 2.75) is 38.6 Å². The Morgan fingerprint density at radius 2 is 1.91 bits per heavy atom. The largest absolute Gasteiger partial charge is 0.504 e. The molecule has 1 aromatic heterocycles. The zero-order valence-corrected chi connectivity index (χ0v) is 26.1. The molecule has 1 aromatic carbocycles. The van der Waals surface area contributed by atoms with Gasteiger partial charge in [0.1, 0.15) is 5.75 Å². The predicted molar refractivity (Wildman–Crippen MR) is 164 cm³/mol. The van der Waals surface area contributed by atoms with Crippen LogP contribution >= 0.6 is 0 Å². The van der Waals surface area contributed by atoms with E-state index >= 15 is 0 Å². The molecule has 4 atom stereocenters. The zero-order valence-electron chi connectivity index (χ0n) is 26.1. The molecule has 2 aromatic rings. The van der Waals surface area contributed by atoms with E-state index in [-0.39, 0.29) is 37.5 Å². The van der Waals surface area contributed by atoms with Gasteiger partial charge in [0.15, 0.2) is 6.35 Å². The highest BCUT2D eigenvalue weighted by Crippen LogP contribution is 2.49. The molecule has 5 rings (SSSR count). The second-order valence-electron chi connectivity index (χ2n) is 11.4. The van der Waals surface area contributed by atoms with E-state index in [2.05, 4.69) is 22.5 Å². The van der Waals surface area contributed by atoms with E-state index in [9.17, 15) is 24.3 Å². The second-order valence-corrected chi connectivity index (χ2v) is 11.4. The van der Waals surface area contributed by atoms with Gasteiger partial charge in [-0.3, -0.25) is 29.5 Å². The van der Waals surface area contributed by atoms with E-state index in [1.165, 1.54) is 32.6 Å². The smallest absolute Gasteiger partial charge is 0.337 e. The third-order valence-corrected chi connectivity index (χ3v) is 9.11. The van der Waals surface area contributed by atoms with Crippen molar-refractivity contribution in [1.29, 1.82) is 0 Å². The molecule has 4 heterocycles. The summed E-state index contributed by atoms with van der Waals surface area (Å²) >= 11 is 0. The maximum atomic E-state index is 12.9. The molecule has 1 fully saturated rings. The number of imide groups is 1. The van der Waals surface area contributed by atoms with Crippen molar-refractivity contribution in [1.82, 2.24) is 25.0 Å². The average molecular weight is 624 g/mol. The molecule has 242 valence electrons. The summed E-state index contributed by atoms with van der Waals surface area (Å²) < 4.78 is 18.0. The number of carbonyl (C=O) groups excluding carboxylic acids is 4. The number of fused-ring (bicyclic) bond motifs is 5. The number of hydrogen-bond donors (Lipinski definition) is 3. The third kappa shape index (κ3) is 6.20. The number of benzene rings is 1. The number of aliphatic hydroxyl groups excluding tert-OH is 1. The quantitative estimate of drug-likeness (QED) is 0.104. The molecule has 0 radical (unpaired) electrons. The summed E-state index contributed by atoms with van der Waals surface area (Å²) in [6.07, 6.45) is 4.82. The minimum Gasteiger partial charge on any atom is -0.504 e. The number of carbonyl (C=O) groups is 4. The predicted octanol–water partition coefficient (Wildman–Crippen LogP) is 1.38. The van der Waals surface area contributed by atoms with Crippen LogP contribution in [-0.2, 0) is 35.1 Å². The summed E-state index contributed by atoms with van der Waals surface area (Å²) in [6, 6.07) is 5.54. The molecule has 13 nitrogen and oxygen atoms in total. The summed E-state index contributed by atoms with van der Waals surface area (Å²) in [7, 11) is 4.50. The highest BCUT2D eigenvalue weighted by atomic mass is 16.5. The van der Waals surface area contributed by atoms with Crippen LogP contribution in [0.25, 0.3) is 10.9 Å². The highest BCUT2D eigenvalue weighted by molar-refractivity contribution is 6.12. The summed E-state index contributed by atoms with van der Waals surface area (Å²) in [5.41, 5.74) is 3.21. The van der Waals surface area contributed by atoms with Crippen LogP contribution < -0.4 is 15.4 Å². The van der Waals surface area contributed by atoms with Gasteiger partial charge in [0, 0.05) is 49.4 Å². The van der Waals surface area contributed by atoms with Crippen LogP contribution in [0.3, 0.4) is 0 Å². The summed E-state index contributed by atoms with van der Waals surface area (Å²) in [5, 5.41) is 18.2. The number of rotatable bonds is 12. The molecule has 0 spiro atoms. The van der Waals surface area contributed by atoms with Crippen molar-refractivity contribution in [3.63, 3.8) is 0 Å². The van der Waals surface area contributed by atoms with Crippen molar-refractivity contribution >= 4 is 34.6 Å². The van der Waals surface area contributed by atoms with Crippen LogP contribution in [0.1, 0.15) is 43.4 Å². The molecule has 1 unspecified atom stereocenters. The van der Waals surface area contributed by atoms with Crippen molar-refractivity contribution in [2.75, 3.05) is 54.1 Å². The minimum atomic E-state index is -1.27. The van der Waals surface area contributed by atoms with Gasteiger partial charge in [0.2, 0.25) is 5.91 Å². The first-order valence-corrected chi connectivity index (χ1v) is 15.2. The Morgan fingerprint density at radius 3 is 2.58 bits per heavy atom. The van der Waals surface area contributed by atoms with Crippen LogP contribution in [0.2, 0.25) is 0 Å². The molecule has 3 aliphatic heterocycles. The van der Waals surface area contributed by atoms with Crippen LogP contribution in [-0.4, -0.2) is 97.2 Å². The fourth-order valence-corrected chi connectivity index (χ4v) is 7.02. The van der Waals surface area contributed by atoms with Gasteiger partial charge in [-0.2, -0.15) is 0 Å². The number of esters is 1. The number of nitrogens with zero attached hydrogens (tertiary/aromatic N) is 3. The Morgan fingerprint density at radius 1 is 1.16 bits per heavy atom. The van der Waals surface area contributed by atoms with Crippen molar-refractivity contribution in [3.8, 4) is 5.75 Å². The number of amides is 3. The molecule has 3 amide bonds. The van der Waals surface area contributed by atoms with Crippen LogP contribution in [0.5, 0.6) is 5.75 Å². The molecule has 1 saturated heterocycles. The van der Waals surface area contributed by atoms with Crippen LogP contribution in [0, 0.1) is 11.8 Å². The fraction of sp³-hybridized carbons (Fsp3) is 0.500. The van der Waals surface area contributed by atoms with E-state index in [0.717, 1.165) is 53.0 Å². The Labute approximate surface area is 261 Å². The molecular weight excluding hydrogens is 582 g/mol. The third-order valence-electron chi connectivity index (χ3n) is 9.11. The minimum absolute atomic E-state index is 0.0526. The van der Waals surface area contributed by atoms with E-state index in [1.807, 2.05) is 22.8 Å². The lowest BCUT2D eigenvalue weighted by Crippen LogP contribution is -2.48. The van der Waals surface area contributed by atoms with Gasteiger partial charge in [-0.15, -0.1) is 0 Å². The fourth-order valence-electron chi connectivity index (χ4n) is 7.02. The number of methoxy groups -OCH3 is 3. The maximum absolute atomic E-state index is 12.9. The molecule has 0 bridgehead atoms. The summed E-state index contributed by atoms with van der Waals surface area (Å²) in [6.45, 7) is 3.61. The topological polar surface area (TPSA) is 152 Å². The molecule has 3 aliphatic rings. The lowest BCUT2D eigenvalue weighted by Gasteiger charge is -2.47. The van der Waals surface area contributed by atoms with E-state index in [4.69, 9.17) is 14.2 Å². The Balaban J connectivity index is 1.43. The van der Waals surface area contributed by atoms with Crippen molar-refractivity contribution in [2.24, 2.45) is 11.8 Å². The van der Waals surface area contributed by atoms with Crippen LogP contribution in [0.4, 0.5) is 0 Å². The van der Waals surface area contributed by atoms with Gasteiger partial charge in [-0.1, -0.05) is 19.4 Å². The number of ether oxygens (including phenoxy) is 3. The van der Waals surface area contributed by atoms with Crippen LogP contribution in [0.15, 0.2) is 42.2 Å². The first-order chi connectivity index (χ1) is 21.7. The maximum Gasteiger partial charge on any atom is 0.337 e. The first-order valence-electron chi connectivity index (χ1n) is 15.2. The van der Waals surface area contributed by atoms with E-state index in [1.54, 1.807) is 7.11 Å². The lowest BCUT2D eigenvalue weighted by molar-refractivity contribution is -0.138. The van der Waals surface area contributed by atoms with Crippen molar-refractivity contribution < 1.29 is 38.5 Å². The monoisotopic (exact) mass is 623 g/mol. The Bertz CT molecular complexity index is 1510. The average Bonchev–Trinajstić information content (AvgIpc) is 3.57. The number of hydrogen-bond acceptors (Lipinski definition) is 10. The number of aromatic nitrogens is 1. The van der Waals surface area contributed by atoms with Gasteiger partial charge in [-0.25, -0.2) is 4.79 Å². The summed E-state index contributed by atoms with van der Waals surface area (Å²) in [5.74, 6) is -0.898. The second kappa shape index (κ2) is 13.8. The molecule has 0 aliphatic carbocycles. The first kappa shape index (κ1) is 32.2. The van der Waals surface area contributed by atoms with Gasteiger partial charge in [0.05, 0.1) is 51.3 Å². The van der Waals surface area contributed by atoms with E-state index in [0.29, 0.717) is 17.7 Å². The van der Waals surface area contributed by atoms with Crippen molar-refractivity contribution in [3.05, 3.63) is 53.4 Å². The Kier molecular flexibility index (Phi) is 9.90. The standard InChI is InChI=1S/C32H41N5O8/c1-5-19-17-35-13-11-20-29-23(7-6-8-25(29)44-3)37(30(20)24(35)15-21(19)22(18-43-2)31(41)45-4)32(42)34-16-26(38)33-12-14-36-27(39)9-10-28(36)40/h6-10,18-19,21,24,32,34,42H,5,11-17H2,1-4H3,(H,33,38)/b22-18+/t19-,21+,24+,32?/m1/s1. The molecule has 0 saturated carbocycles.